The van der Waals surface area contributed by atoms with Crippen LogP contribution in [0.1, 0.15) is 29.8 Å². The van der Waals surface area contributed by atoms with Crippen LogP contribution in [0.4, 0.5) is 17.1 Å². The maximum Gasteiger partial charge on any atom is 1.00 e. The van der Waals surface area contributed by atoms with Crippen molar-refractivity contribution in [3.63, 3.8) is 0 Å². The first-order valence-corrected chi connectivity index (χ1v) is 13.9. The maximum atomic E-state index is 13.5. The molecule has 0 atom stereocenters. The van der Waals surface area contributed by atoms with E-state index in [0.29, 0.717) is 33.7 Å². The van der Waals surface area contributed by atoms with Crippen LogP contribution in [0.5, 0.6) is 11.5 Å². The Balaban J connectivity index is 0.00000441. The molecule has 0 heterocycles. The molecule has 0 saturated carbocycles. The predicted octanol–water partition coefficient (Wildman–Crippen LogP) is 4.10. The van der Waals surface area contributed by atoms with E-state index in [9.17, 15) is 22.9 Å². The van der Waals surface area contributed by atoms with Crippen LogP contribution in [-0.4, -0.2) is 25.5 Å². The van der Waals surface area contributed by atoms with Crippen molar-refractivity contribution in [1.82, 2.24) is 0 Å². The minimum atomic E-state index is -4.65. The normalized spacial score (nSPS) is 11.4. The van der Waals surface area contributed by atoms with Crippen LogP contribution in [0, 0.1) is 0 Å². The number of benzene rings is 4. The molecule has 4 aromatic rings. The Bertz CT molecular complexity index is 1730. The summed E-state index contributed by atoms with van der Waals surface area (Å²) in [6.07, 6.45) is 0.288. The molecule has 2 N–H and O–H groups in total. The Morgan fingerprint density at radius 3 is 2.45 bits per heavy atom. The molecule has 0 spiro atoms. The van der Waals surface area contributed by atoms with Gasteiger partial charge in [-0.25, -0.2) is 0 Å². The van der Waals surface area contributed by atoms with Crippen LogP contribution in [0.25, 0.3) is 10.8 Å². The molecule has 4 aromatic carbocycles. The monoisotopic (exact) mass is 609 g/mol. The summed E-state index contributed by atoms with van der Waals surface area (Å²) >= 11 is 12.4. The van der Waals surface area contributed by atoms with E-state index in [4.69, 9.17) is 27.9 Å². The Morgan fingerprint density at radius 2 is 1.77 bits per heavy atom. The van der Waals surface area contributed by atoms with E-state index >= 15 is 0 Å². The van der Waals surface area contributed by atoms with Crippen LogP contribution in [0.3, 0.4) is 0 Å². The van der Waals surface area contributed by atoms with Crippen LogP contribution in [0.2, 0.25) is 10.0 Å². The minimum absolute atomic E-state index is 0. The van der Waals surface area contributed by atoms with E-state index in [1.165, 1.54) is 24.3 Å². The van der Waals surface area contributed by atoms with Crippen LogP contribution in [0.15, 0.2) is 75.8 Å². The fourth-order valence-corrected chi connectivity index (χ4v) is 5.53. The summed E-state index contributed by atoms with van der Waals surface area (Å²) in [5.41, 5.74) is 0.128. The second kappa shape index (κ2) is 13.3. The minimum Gasteiger partial charge on any atom is -0.870 e. The number of ether oxygens (including phenoxy) is 1. The smallest absolute Gasteiger partial charge is 0.870 e. The molecule has 202 valence electrons. The summed E-state index contributed by atoms with van der Waals surface area (Å²) in [6, 6.07) is 15.8. The first-order valence-electron chi connectivity index (χ1n) is 11.7. The fraction of sp³-hybridized carbons (Fsp3) is 0.148. The number of nitrogens with zero attached hydrogens (tertiary/aromatic N) is 2. The number of fused-ring (bicyclic) bond motifs is 1. The number of nitrogens with one attached hydrogen (secondary N) is 1. The standard InChI is InChI=1S/C27H23Cl2N3O6S.Na/c1-3-15-9-11-20(23(29)26(15)39(35,36)37)31-32-24-18-8-6-5-7-16(18)13-19(25(24)33)27(34)30-21-14-17(28)10-12-22(21)38-4-2;/h5-14,33H,3-4H2,1-2H3,(H,30,34)(H,35,36,37);/q;+1/p-1. The molecule has 0 fully saturated rings. The Morgan fingerprint density at radius 1 is 1.05 bits per heavy atom. The van der Waals surface area contributed by atoms with Gasteiger partial charge in [0.1, 0.15) is 16.3 Å². The summed E-state index contributed by atoms with van der Waals surface area (Å²) in [5, 5.41) is 25.2. The molecule has 1 amide bonds. The molecule has 0 aliphatic heterocycles. The quantitative estimate of drug-likeness (QED) is 0.175. The maximum absolute atomic E-state index is 13.5. The van der Waals surface area contributed by atoms with Gasteiger partial charge in [-0.05, 0) is 54.6 Å². The van der Waals surface area contributed by atoms with Crippen molar-refractivity contribution in [2.24, 2.45) is 10.2 Å². The zero-order valence-electron chi connectivity index (χ0n) is 21.7. The van der Waals surface area contributed by atoms with Crippen molar-refractivity contribution in [3.8, 4) is 11.5 Å². The number of hydrogen-bond acceptors (Lipinski definition) is 7. The van der Waals surface area contributed by atoms with Gasteiger partial charge >= 0.3 is 29.6 Å². The molecule has 0 aliphatic carbocycles. The van der Waals surface area contributed by atoms with Crippen LogP contribution >= 0.6 is 23.2 Å². The van der Waals surface area contributed by atoms with E-state index in [1.54, 1.807) is 50.2 Å². The Labute approximate surface area is 263 Å². The second-order valence-corrected chi connectivity index (χ2v) is 10.4. The number of aryl methyl sites for hydroxylation is 1. The van der Waals surface area contributed by atoms with Gasteiger partial charge in [-0.15, -0.1) is 5.11 Å². The third-order valence-electron chi connectivity index (χ3n) is 5.76. The molecule has 13 heteroatoms. The van der Waals surface area contributed by atoms with E-state index in [2.05, 4.69) is 15.5 Å². The largest absolute Gasteiger partial charge is 1.00 e. The van der Waals surface area contributed by atoms with E-state index < -0.39 is 26.7 Å². The zero-order chi connectivity index (χ0) is 28.3. The van der Waals surface area contributed by atoms with Gasteiger partial charge in [0.15, 0.2) is 0 Å². The average molecular weight is 610 g/mol. The van der Waals surface area contributed by atoms with Crippen molar-refractivity contribution in [3.05, 3.63) is 81.8 Å². The first-order chi connectivity index (χ1) is 18.5. The van der Waals surface area contributed by atoms with Crippen molar-refractivity contribution < 1.29 is 57.2 Å². The van der Waals surface area contributed by atoms with Gasteiger partial charge in [0.2, 0.25) is 0 Å². The Kier molecular flexibility index (Phi) is 10.6. The molecule has 0 radical (unpaired) electrons. The molecule has 9 nitrogen and oxygen atoms in total. The zero-order valence-corrected chi connectivity index (χ0v) is 26.1. The van der Waals surface area contributed by atoms with E-state index in [1.807, 2.05) is 0 Å². The van der Waals surface area contributed by atoms with Gasteiger partial charge in [0.05, 0.1) is 23.0 Å². The third-order valence-corrected chi connectivity index (χ3v) is 7.48. The molecule has 40 heavy (non-hydrogen) atoms. The van der Waals surface area contributed by atoms with E-state index in [0.717, 1.165) is 0 Å². The summed E-state index contributed by atoms with van der Waals surface area (Å²) in [6.45, 7) is 3.84. The molecule has 0 unspecified atom stereocenters. The van der Waals surface area contributed by atoms with Gasteiger partial charge in [0.25, 0.3) is 16.0 Å². The number of halogens is 2. The number of carbonyl (C=O) groups excluding carboxylic acids is 1. The number of hydrogen-bond donors (Lipinski definition) is 2. The van der Waals surface area contributed by atoms with Crippen LogP contribution < -0.4 is 44.7 Å². The topological polar surface area (TPSA) is 140 Å². The average Bonchev–Trinajstić information content (AvgIpc) is 2.89. The Hall–Kier alpha value is -2.70. The molecule has 0 saturated heterocycles. The SMILES string of the molecule is CCOc1ccc(Cl)cc1NC(=O)c1cc2ccccc2c(N=Nc2ccc(CC)c(S(=O)(=O)O)c2Cl)c1[O-].[Na+]. The van der Waals surface area contributed by atoms with Gasteiger partial charge in [-0.1, -0.05) is 66.2 Å². The summed E-state index contributed by atoms with van der Waals surface area (Å²) in [4.78, 5) is 12.8. The number of carbonyl (C=O) groups is 1. The number of rotatable bonds is 8. The second-order valence-electron chi connectivity index (χ2n) is 8.27. The molecule has 4 rings (SSSR count). The number of amides is 1. The summed E-state index contributed by atoms with van der Waals surface area (Å²) in [7, 11) is -4.65. The molecule has 0 bridgehead atoms. The van der Waals surface area contributed by atoms with Gasteiger partial charge in [-0.2, -0.15) is 13.5 Å². The van der Waals surface area contributed by atoms with Crippen molar-refractivity contribution >= 4 is 67.1 Å². The molecule has 0 aliphatic rings. The fourth-order valence-electron chi connectivity index (χ4n) is 3.97. The molecular weight excluding hydrogens is 588 g/mol. The molecular formula is C27H22Cl2N3NaO6S. The predicted molar refractivity (Wildman–Crippen MR) is 149 cm³/mol. The number of anilines is 1. The number of azo groups is 1. The van der Waals surface area contributed by atoms with Gasteiger partial charge in [-0.3, -0.25) is 9.35 Å². The molecule has 0 aromatic heterocycles. The summed E-state index contributed by atoms with van der Waals surface area (Å²) in [5.74, 6) is -1.06. The van der Waals surface area contributed by atoms with Crippen molar-refractivity contribution in [2.75, 3.05) is 11.9 Å². The van der Waals surface area contributed by atoms with Gasteiger partial charge in [0, 0.05) is 16.0 Å². The van der Waals surface area contributed by atoms with Crippen molar-refractivity contribution in [2.45, 2.75) is 25.2 Å². The van der Waals surface area contributed by atoms with Crippen molar-refractivity contribution in [1.29, 1.82) is 0 Å². The van der Waals surface area contributed by atoms with Gasteiger partial charge < -0.3 is 15.2 Å². The summed E-state index contributed by atoms with van der Waals surface area (Å²) < 4.78 is 39.1. The van der Waals surface area contributed by atoms with E-state index in [-0.39, 0.29) is 63.6 Å². The van der Waals surface area contributed by atoms with Crippen LogP contribution in [-0.2, 0) is 16.5 Å². The first kappa shape index (κ1) is 31.8. The third kappa shape index (κ3) is 6.77.